The van der Waals surface area contributed by atoms with Gasteiger partial charge in [-0.1, -0.05) is 20.3 Å². The van der Waals surface area contributed by atoms with Gasteiger partial charge >= 0.3 is 0 Å². The molecule has 1 nitrogen and oxygen atoms in total. The van der Waals surface area contributed by atoms with E-state index in [9.17, 15) is 4.39 Å². The van der Waals surface area contributed by atoms with E-state index in [1.165, 1.54) is 17.8 Å². The Balaban J connectivity index is 2.67. The third kappa shape index (κ3) is 3.56. The molecule has 0 saturated heterocycles. The molecular weight excluding hydrogens is 209 g/mol. The minimum absolute atomic E-state index is 0.289. The van der Waals surface area contributed by atoms with Crippen molar-refractivity contribution in [1.29, 1.82) is 5.26 Å². The number of thioether (sulfide) groups is 1. The van der Waals surface area contributed by atoms with Crippen LogP contribution in [0.25, 0.3) is 0 Å². The maximum Gasteiger partial charge on any atom is 0.138 e. The second-order valence-electron chi connectivity index (χ2n) is 3.58. The molecule has 0 aromatic heterocycles. The summed E-state index contributed by atoms with van der Waals surface area (Å²) in [7, 11) is 0. The van der Waals surface area contributed by atoms with Crippen molar-refractivity contribution in [2.24, 2.45) is 5.92 Å². The van der Waals surface area contributed by atoms with Crippen molar-refractivity contribution in [1.82, 2.24) is 0 Å². The van der Waals surface area contributed by atoms with Crippen molar-refractivity contribution in [2.45, 2.75) is 25.2 Å². The van der Waals surface area contributed by atoms with Crippen LogP contribution in [-0.4, -0.2) is 5.75 Å². The molecule has 0 N–H and O–H groups in total. The molecule has 0 bridgehead atoms. The van der Waals surface area contributed by atoms with E-state index < -0.39 is 0 Å². The molecule has 80 valence electrons. The summed E-state index contributed by atoms with van der Waals surface area (Å²) in [6, 6.07) is 6.55. The average molecular weight is 223 g/mol. The van der Waals surface area contributed by atoms with E-state index in [-0.39, 0.29) is 5.82 Å². The third-order valence-corrected chi connectivity index (χ3v) is 3.66. The van der Waals surface area contributed by atoms with E-state index in [0.29, 0.717) is 16.4 Å². The fourth-order valence-corrected chi connectivity index (χ4v) is 2.10. The number of hydrogen-bond donors (Lipinski definition) is 0. The molecule has 1 atom stereocenters. The first-order chi connectivity index (χ1) is 7.17. The SMILES string of the molecule is CCC(C)CSc1ccc(C#N)cc1F. The molecule has 0 aliphatic heterocycles. The number of halogens is 1. The first kappa shape index (κ1) is 12.1. The molecule has 0 aliphatic carbocycles. The van der Waals surface area contributed by atoms with Crippen molar-refractivity contribution >= 4 is 11.8 Å². The zero-order chi connectivity index (χ0) is 11.3. The molecule has 0 saturated carbocycles. The van der Waals surface area contributed by atoms with Crippen LogP contribution < -0.4 is 0 Å². The maximum absolute atomic E-state index is 13.4. The van der Waals surface area contributed by atoms with E-state index in [1.807, 2.05) is 6.07 Å². The molecular formula is C12H14FNS. The van der Waals surface area contributed by atoms with Gasteiger partial charge in [0.05, 0.1) is 11.6 Å². The van der Waals surface area contributed by atoms with Crippen molar-refractivity contribution in [3.63, 3.8) is 0 Å². The molecule has 1 aromatic carbocycles. The summed E-state index contributed by atoms with van der Waals surface area (Å²) in [6.07, 6.45) is 1.10. The number of nitrogens with zero attached hydrogens (tertiary/aromatic N) is 1. The van der Waals surface area contributed by atoms with Gasteiger partial charge in [-0.25, -0.2) is 4.39 Å². The Labute approximate surface area is 94.3 Å². The van der Waals surface area contributed by atoms with Gasteiger partial charge in [-0.2, -0.15) is 5.26 Å². The topological polar surface area (TPSA) is 23.8 Å². The predicted molar refractivity (Wildman–Crippen MR) is 61.3 cm³/mol. The van der Waals surface area contributed by atoms with Gasteiger partial charge in [-0.15, -0.1) is 11.8 Å². The molecule has 1 unspecified atom stereocenters. The fourth-order valence-electron chi connectivity index (χ4n) is 1.04. The van der Waals surface area contributed by atoms with E-state index in [1.54, 1.807) is 12.1 Å². The highest BCUT2D eigenvalue weighted by Crippen LogP contribution is 2.25. The summed E-state index contributed by atoms with van der Waals surface area (Å²) >= 11 is 1.51. The lowest BCUT2D eigenvalue weighted by Crippen LogP contribution is -1.96. The second-order valence-corrected chi connectivity index (χ2v) is 4.64. The number of hydrogen-bond acceptors (Lipinski definition) is 2. The van der Waals surface area contributed by atoms with Crippen LogP contribution in [0.1, 0.15) is 25.8 Å². The van der Waals surface area contributed by atoms with Gasteiger partial charge in [0.15, 0.2) is 0 Å². The molecule has 0 fully saturated rings. The van der Waals surface area contributed by atoms with Gasteiger partial charge in [0.1, 0.15) is 5.82 Å². The molecule has 0 aliphatic rings. The highest BCUT2D eigenvalue weighted by Gasteiger charge is 2.06. The first-order valence-corrected chi connectivity index (χ1v) is 5.98. The van der Waals surface area contributed by atoms with Crippen LogP contribution in [-0.2, 0) is 0 Å². The second kappa shape index (κ2) is 5.77. The summed E-state index contributed by atoms with van der Waals surface area (Å²) in [6.45, 7) is 4.27. The summed E-state index contributed by atoms with van der Waals surface area (Å²) in [5, 5.41) is 8.59. The molecule has 0 amide bonds. The number of nitriles is 1. The Morgan fingerprint density at radius 3 is 2.80 bits per heavy atom. The van der Waals surface area contributed by atoms with Crippen LogP contribution in [0.3, 0.4) is 0 Å². The van der Waals surface area contributed by atoms with Crippen molar-refractivity contribution in [2.75, 3.05) is 5.75 Å². The summed E-state index contributed by atoms with van der Waals surface area (Å²) < 4.78 is 13.4. The standard InChI is InChI=1S/C12H14FNS/c1-3-9(2)8-15-12-5-4-10(7-14)6-11(12)13/h4-6,9H,3,8H2,1-2H3. The zero-order valence-corrected chi connectivity index (χ0v) is 9.77. The van der Waals surface area contributed by atoms with Gasteiger partial charge in [-0.05, 0) is 24.1 Å². The Bertz CT molecular complexity index is 370. The summed E-state index contributed by atoms with van der Waals surface area (Å²) in [5.41, 5.74) is 0.375. The van der Waals surface area contributed by atoms with Crippen molar-refractivity contribution in [3.8, 4) is 6.07 Å². The van der Waals surface area contributed by atoms with Crippen LogP contribution in [0, 0.1) is 23.1 Å². The lowest BCUT2D eigenvalue weighted by Gasteiger charge is -2.08. The van der Waals surface area contributed by atoms with E-state index in [0.717, 1.165) is 12.2 Å². The molecule has 1 rings (SSSR count). The number of benzene rings is 1. The quantitative estimate of drug-likeness (QED) is 0.724. The van der Waals surface area contributed by atoms with E-state index in [4.69, 9.17) is 5.26 Å². The van der Waals surface area contributed by atoms with Gasteiger partial charge in [0, 0.05) is 10.6 Å². The number of rotatable bonds is 4. The van der Waals surface area contributed by atoms with Crippen molar-refractivity contribution < 1.29 is 4.39 Å². The molecule has 0 radical (unpaired) electrons. The van der Waals surface area contributed by atoms with Crippen LogP contribution >= 0.6 is 11.8 Å². The van der Waals surface area contributed by atoms with Crippen LogP contribution in [0.4, 0.5) is 4.39 Å². The molecule has 3 heteroatoms. The molecule has 1 aromatic rings. The lowest BCUT2D eigenvalue weighted by molar-refractivity contribution is 0.599. The Kier molecular flexibility index (Phi) is 4.64. The van der Waals surface area contributed by atoms with E-state index >= 15 is 0 Å². The van der Waals surface area contributed by atoms with Gasteiger partial charge in [-0.3, -0.25) is 0 Å². The Morgan fingerprint density at radius 1 is 1.53 bits per heavy atom. The first-order valence-electron chi connectivity index (χ1n) is 4.99. The zero-order valence-electron chi connectivity index (χ0n) is 8.96. The Morgan fingerprint density at radius 2 is 2.27 bits per heavy atom. The largest absolute Gasteiger partial charge is 0.206 e. The smallest absolute Gasteiger partial charge is 0.138 e. The predicted octanol–water partition coefficient (Wildman–Crippen LogP) is 3.84. The van der Waals surface area contributed by atoms with Gasteiger partial charge in [0.2, 0.25) is 0 Å². The molecule has 0 heterocycles. The monoisotopic (exact) mass is 223 g/mol. The van der Waals surface area contributed by atoms with Gasteiger partial charge in [0.25, 0.3) is 0 Å². The summed E-state index contributed by atoms with van der Waals surface area (Å²) in [5.74, 6) is 1.21. The third-order valence-electron chi connectivity index (χ3n) is 2.28. The average Bonchev–Trinajstić information content (AvgIpc) is 2.26. The summed E-state index contributed by atoms with van der Waals surface area (Å²) in [4.78, 5) is 0.634. The minimum atomic E-state index is -0.289. The highest BCUT2D eigenvalue weighted by molar-refractivity contribution is 7.99. The molecule has 0 spiro atoms. The van der Waals surface area contributed by atoms with Gasteiger partial charge < -0.3 is 0 Å². The van der Waals surface area contributed by atoms with Crippen LogP contribution in [0.5, 0.6) is 0 Å². The minimum Gasteiger partial charge on any atom is -0.206 e. The normalized spacial score (nSPS) is 12.1. The van der Waals surface area contributed by atoms with Crippen molar-refractivity contribution in [3.05, 3.63) is 29.6 Å². The van der Waals surface area contributed by atoms with Crippen LogP contribution in [0.2, 0.25) is 0 Å². The fraction of sp³-hybridized carbons (Fsp3) is 0.417. The van der Waals surface area contributed by atoms with Crippen LogP contribution in [0.15, 0.2) is 23.1 Å². The lowest BCUT2D eigenvalue weighted by atomic mass is 10.2. The van der Waals surface area contributed by atoms with E-state index in [2.05, 4.69) is 13.8 Å². The molecule has 15 heavy (non-hydrogen) atoms. The Hall–Kier alpha value is -1.01. The highest BCUT2D eigenvalue weighted by atomic mass is 32.2. The maximum atomic E-state index is 13.4.